The lowest BCUT2D eigenvalue weighted by molar-refractivity contribution is 0.392. The average Bonchev–Trinajstić information content (AvgIpc) is 2.83. The summed E-state index contributed by atoms with van der Waals surface area (Å²) >= 11 is 7.01. The summed E-state index contributed by atoms with van der Waals surface area (Å²) in [5, 5.41) is 3.37. The summed E-state index contributed by atoms with van der Waals surface area (Å²) in [7, 11) is 4.13. The molecule has 2 rings (SSSR count). The predicted octanol–water partition coefficient (Wildman–Crippen LogP) is 4.97. The molecule has 0 aliphatic carbocycles. The molecule has 1 N–H and O–H groups in total. The largest absolute Gasteiger partial charge is 0.460 e. The van der Waals surface area contributed by atoms with Crippen molar-refractivity contribution >= 4 is 56.7 Å². The summed E-state index contributed by atoms with van der Waals surface area (Å²) in [4.78, 5) is 2.15. The van der Waals surface area contributed by atoms with Crippen LogP contribution in [0.1, 0.15) is 5.76 Å². The molecule has 0 aliphatic heterocycles. The molecule has 0 saturated carbocycles. The summed E-state index contributed by atoms with van der Waals surface area (Å²) in [6.07, 6.45) is 0. The van der Waals surface area contributed by atoms with Crippen molar-refractivity contribution in [3.05, 3.63) is 45.0 Å². The molecule has 0 fully saturated rings. The number of hydrogen-bond acceptors (Lipinski definition) is 3. The summed E-state index contributed by atoms with van der Waals surface area (Å²) in [6, 6.07) is 10.1. The van der Waals surface area contributed by atoms with Gasteiger partial charge in [-0.25, -0.2) is 0 Å². The molecule has 0 atom stereocenters. The van der Waals surface area contributed by atoms with Crippen LogP contribution in [0.2, 0.25) is 0 Å². The maximum atomic E-state index is 5.88. The molecule has 0 saturated heterocycles. The van der Waals surface area contributed by atoms with Gasteiger partial charge in [-0.3, -0.25) is 0 Å². The summed E-state index contributed by atoms with van der Waals surface area (Å²) in [6.45, 7) is 2.72. The molecule has 0 unspecified atom stereocenters. The van der Waals surface area contributed by atoms with E-state index in [-0.39, 0.29) is 24.8 Å². The first-order chi connectivity index (χ1) is 9.56. The van der Waals surface area contributed by atoms with Gasteiger partial charge in [0.2, 0.25) is 0 Å². The second kappa shape index (κ2) is 10.7. The number of likely N-dealkylation sites (N-methyl/N-ethyl adjacent to an activating group) is 1. The first-order valence-electron chi connectivity index (χ1n) is 6.46. The molecular formula is C15H20Br2Cl2N2O. The summed E-state index contributed by atoms with van der Waals surface area (Å²) < 4.78 is 7.94. The van der Waals surface area contributed by atoms with Gasteiger partial charge in [-0.1, -0.05) is 15.9 Å². The van der Waals surface area contributed by atoms with Crippen LogP contribution >= 0.6 is 56.7 Å². The van der Waals surface area contributed by atoms with Crippen molar-refractivity contribution < 1.29 is 4.42 Å². The van der Waals surface area contributed by atoms with Crippen molar-refractivity contribution in [2.75, 3.05) is 27.2 Å². The minimum absolute atomic E-state index is 0. The van der Waals surface area contributed by atoms with Gasteiger partial charge in [-0.2, -0.15) is 0 Å². The van der Waals surface area contributed by atoms with Crippen LogP contribution in [0.4, 0.5) is 0 Å². The second-order valence-corrected chi connectivity index (χ2v) is 6.64. The van der Waals surface area contributed by atoms with E-state index in [0.29, 0.717) is 0 Å². The van der Waals surface area contributed by atoms with Crippen molar-refractivity contribution in [3.63, 3.8) is 0 Å². The number of benzene rings is 1. The third-order valence-electron chi connectivity index (χ3n) is 2.89. The van der Waals surface area contributed by atoms with E-state index in [4.69, 9.17) is 4.42 Å². The zero-order chi connectivity index (χ0) is 14.5. The van der Waals surface area contributed by atoms with Crippen LogP contribution in [0.5, 0.6) is 0 Å². The number of hydrogen-bond donors (Lipinski definition) is 1. The lowest BCUT2D eigenvalue weighted by Crippen LogP contribution is -2.25. The Balaban J connectivity index is 0.00000220. The Morgan fingerprint density at radius 3 is 2.45 bits per heavy atom. The van der Waals surface area contributed by atoms with Gasteiger partial charge in [0.15, 0.2) is 0 Å². The molecule has 0 aliphatic rings. The molecule has 22 heavy (non-hydrogen) atoms. The van der Waals surface area contributed by atoms with Crippen LogP contribution in [0, 0.1) is 0 Å². The standard InChI is InChI=1S/C15H18Br2N2O.2ClH/c1-19(2)8-7-18-10-12-4-6-15(20-12)13-5-3-11(16)9-14(13)17;;/h3-6,9,18H,7-8,10H2,1-2H3;2*1H. The molecule has 2 aromatic rings. The minimum atomic E-state index is 0. The van der Waals surface area contributed by atoms with Crippen molar-refractivity contribution in [2.24, 2.45) is 0 Å². The van der Waals surface area contributed by atoms with Gasteiger partial charge in [-0.05, 0) is 60.4 Å². The first-order valence-corrected chi connectivity index (χ1v) is 8.04. The van der Waals surface area contributed by atoms with Crippen LogP contribution in [-0.2, 0) is 6.54 Å². The summed E-state index contributed by atoms with van der Waals surface area (Å²) in [5.41, 5.74) is 1.06. The van der Waals surface area contributed by atoms with Crippen LogP contribution in [0.15, 0.2) is 43.7 Å². The van der Waals surface area contributed by atoms with Gasteiger partial charge in [0.25, 0.3) is 0 Å². The fourth-order valence-corrected chi connectivity index (χ4v) is 3.06. The van der Waals surface area contributed by atoms with Gasteiger partial charge in [0.1, 0.15) is 11.5 Å². The van der Waals surface area contributed by atoms with Gasteiger partial charge in [-0.15, -0.1) is 24.8 Å². The Hall–Kier alpha value is -0.0400. The second-order valence-electron chi connectivity index (χ2n) is 4.87. The highest BCUT2D eigenvalue weighted by molar-refractivity contribution is 9.11. The quantitative estimate of drug-likeness (QED) is 0.599. The molecule has 124 valence electrons. The smallest absolute Gasteiger partial charge is 0.135 e. The fraction of sp³-hybridized carbons (Fsp3) is 0.333. The normalized spacial score (nSPS) is 10.2. The van der Waals surface area contributed by atoms with Gasteiger partial charge >= 0.3 is 0 Å². The van der Waals surface area contributed by atoms with Gasteiger partial charge in [0, 0.05) is 27.6 Å². The van der Waals surface area contributed by atoms with E-state index in [9.17, 15) is 0 Å². The van der Waals surface area contributed by atoms with Gasteiger partial charge < -0.3 is 14.6 Å². The predicted molar refractivity (Wildman–Crippen MR) is 104 cm³/mol. The lowest BCUT2D eigenvalue weighted by atomic mass is 10.2. The molecule has 0 amide bonds. The summed E-state index contributed by atoms with van der Waals surface area (Å²) in [5.74, 6) is 1.84. The highest BCUT2D eigenvalue weighted by Gasteiger charge is 2.08. The van der Waals surface area contributed by atoms with E-state index >= 15 is 0 Å². The molecule has 1 aromatic carbocycles. The Bertz CT molecular complexity index is 576. The number of rotatable bonds is 6. The average molecular weight is 475 g/mol. The zero-order valence-electron chi connectivity index (χ0n) is 12.4. The van der Waals surface area contributed by atoms with Crippen LogP contribution in [0.25, 0.3) is 11.3 Å². The van der Waals surface area contributed by atoms with Crippen LogP contribution in [0.3, 0.4) is 0 Å². The minimum Gasteiger partial charge on any atom is -0.460 e. The third kappa shape index (κ3) is 6.60. The lowest BCUT2D eigenvalue weighted by Gasteiger charge is -2.09. The van der Waals surface area contributed by atoms with Crippen molar-refractivity contribution in [3.8, 4) is 11.3 Å². The third-order valence-corrected chi connectivity index (χ3v) is 4.04. The SMILES string of the molecule is CN(C)CCNCc1ccc(-c2ccc(Br)cc2Br)o1.Cl.Cl. The van der Waals surface area contributed by atoms with E-state index in [1.54, 1.807) is 0 Å². The molecule has 0 radical (unpaired) electrons. The van der Waals surface area contributed by atoms with Gasteiger partial charge in [0.05, 0.1) is 6.54 Å². The van der Waals surface area contributed by atoms with E-state index < -0.39 is 0 Å². The topological polar surface area (TPSA) is 28.4 Å². The Labute approximate surface area is 160 Å². The molecule has 1 aromatic heterocycles. The highest BCUT2D eigenvalue weighted by atomic mass is 79.9. The van der Waals surface area contributed by atoms with Crippen LogP contribution in [-0.4, -0.2) is 32.1 Å². The Morgan fingerprint density at radius 2 is 1.82 bits per heavy atom. The fourth-order valence-electron chi connectivity index (χ4n) is 1.82. The van der Waals surface area contributed by atoms with E-state index in [1.807, 2.05) is 30.3 Å². The Kier molecular flexibility index (Phi) is 10.7. The Morgan fingerprint density at radius 1 is 1.09 bits per heavy atom. The highest BCUT2D eigenvalue weighted by Crippen LogP contribution is 2.31. The molecule has 1 heterocycles. The molecule has 3 nitrogen and oxygen atoms in total. The number of furan rings is 1. The van der Waals surface area contributed by atoms with Crippen molar-refractivity contribution in [2.45, 2.75) is 6.54 Å². The molecule has 0 spiro atoms. The first kappa shape index (κ1) is 22.0. The number of halogens is 4. The number of nitrogens with one attached hydrogen (secondary N) is 1. The van der Waals surface area contributed by atoms with E-state index in [2.05, 4.69) is 56.2 Å². The number of nitrogens with zero attached hydrogens (tertiary/aromatic N) is 1. The van der Waals surface area contributed by atoms with E-state index in [0.717, 1.165) is 45.7 Å². The monoisotopic (exact) mass is 472 g/mol. The van der Waals surface area contributed by atoms with E-state index in [1.165, 1.54) is 0 Å². The maximum absolute atomic E-state index is 5.88. The van der Waals surface area contributed by atoms with Crippen LogP contribution < -0.4 is 5.32 Å². The van der Waals surface area contributed by atoms with Crippen molar-refractivity contribution in [1.29, 1.82) is 0 Å². The molecule has 0 bridgehead atoms. The zero-order valence-corrected chi connectivity index (χ0v) is 17.2. The van der Waals surface area contributed by atoms with Crippen molar-refractivity contribution in [1.82, 2.24) is 10.2 Å². The molecular weight excluding hydrogens is 455 g/mol. The maximum Gasteiger partial charge on any atom is 0.135 e. The molecule has 7 heteroatoms.